The SMILES string of the molecule is COC[C@H](C)n1c(-c2cc(C)c(=O)n(C)c2)nc2cc(CO)ccc21. The highest BCUT2D eigenvalue weighted by Crippen LogP contribution is 2.29. The number of aliphatic hydroxyl groups is 1. The quantitative estimate of drug-likeness (QED) is 0.774. The van der Waals surface area contributed by atoms with Gasteiger partial charge in [-0.2, -0.15) is 0 Å². The standard InChI is InChI=1S/C19H23N3O3/c1-12-7-15(9-21(3)19(12)24)18-20-16-8-14(10-23)5-6-17(16)22(18)13(2)11-25-4/h5-9,13,23H,10-11H2,1-4H3/t13-/m0/s1. The molecule has 0 unspecified atom stereocenters. The molecule has 0 spiro atoms. The maximum Gasteiger partial charge on any atom is 0.253 e. The summed E-state index contributed by atoms with van der Waals surface area (Å²) >= 11 is 0. The van der Waals surface area contributed by atoms with E-state index in [0.717, 1.165) is 28.0 Å². The number of rotatable bonds is 5. The molecular formula is C19H23N3O3. The van der Waals surface area contributed by atoms with Crippen molar-refractivity contribution in [1.29, 1.82) is 0 Å². The van der Waals surface area contributed by atoms with Crippen molar-refractivity contribution in [2.45, 2.75) is 26.5 Å². The van der Waals surface area contributed by atoms with Crippen LogP contribution in [0.15, 0.2) is 35.3 Å². The predicted octanol–water partition coefficient (Wildman–Crippen LogP) is 2.41. The molecule has 0 aliphatic heterocycles. The Labute approximate surface area is 146 Å². The topological polar surface area (TPSA) is 69.3 Å². The second-order valence-corrected chi connectivity index (χ2v) is 6.42. The largest absolute Gasteiger partial charge is 0.392 e. The zero-order valence-corrected chi connectivity index (χ0v) is 15.0. The molecule has 0 bridgehead atoms. The number of aromatic nitrogens is 3. The monoisotopic (exact) mass is 341 g/mol. The van der Waals surface area contributed by atoms with Gasteiger partial charge in [-0.1, -0.05) is 6.07 Å². The van der Waals surface area contributed by atoms with Gasteiger partial charge in [-0.05, 0) is 37.6 Å². The van der Waals surface area contributed by atoms with Crippen LogP contribution in [0.1, 0.15) is 24.1 Å². The molecule has 0 amide bonds. The van der Waals surface area contributed by atoms with Crippen molar-refractivity contribution in [1.82, 2.24) is 14.1 Å². The summed E-state index contributed by atoms with van der Waals surface area (Å²) in [7, 11) is 3.42. The van der Waals surface area contributed by atoms with E-state index in [-0.39, 0.29) is 18.2 Å². The summed E-state index contributed by atoms with van der Waals surface area (Å²) in [6.07, 6.45) is 1.81. The Hall–Kier alpha value is -2.44. The van der Waals surface area contributed by atoms with Gasteiger partial charge >= 0.3 is 0 Å². The molecule has 0 aliphatic rings. The molecule has 1 N–H and O–H groups in total. The van der Waals surface area contributed by atoms with E-state index in [2.05, 4.69) is 11.5 Å². The minimum atomic E-state index is -0.0231. The van der Waals surface area contributed by atoms with E-state index in [0.29, 0.717) is 12.2 Å². The van der Waals surface area contributed by atoms with Crippen LogP contribution in [0.5, 0.6) is 0 Å². The maximum absolute atomic E-state index is 12.0. The molecule has 3 aromatic rings. The van der Waals surface area contributed by atoms with Gasteiger partial charge in [0.15, 0.2) is 0 Å². The normalized spacial score (nSPS) is 12.7. The lowest BCUT2D eigenvalue weighted by Gasteiger charge is -2.17. The average molecular weight is 341 g/mol. The number of aliphatic hydroxyl groups excluding tert-OH is 1. The Morgan fingerprint density at radius 2 is 2.08 bits per heavy atom. The van der Waals surface area contributed by atoms with Crippen molar-refractivity contribution in [3.63, 3.8) is 0 Å². The zero-order valence-electron chi connectivity index (χ0n) is 15.0. The van der Waals surface area contributed by atoms with Gasteiger partial charge in [-0.15, -0.1) is 0 Å². The third-order valence-electron chi connectivity index (χ3n) is 4.41. The van der Waals surface area contributed by atoms with Gasteiger partial charge in [0.2, 0.25) is 0 Å². The van der Waals surface area contributed by atoms with E-state index in [1.807, 2.05) is 24.3 Å². The first-order valence-electron chi connectivity index (χ1n) is 8.24. The molecule has 25 heavy (non-hydrogen) atoms. The maximum atomic E-state index is 12.0. The molecule has 2 aromatic heterocycles. The number of hydrogen-bond donors (Lipinski definition) is 1. The number of fused-ring (bicyclic) bond motifs is 1. The summed E-state index contributed by atoms with van der Waals surface area (Å²) in [5.74, 6) is 0.785. The molecule has 0 fully saturated rings. The molecule has 1 atom stereocenters. The molecule has 2 heterocycles. The number of hydrogen-bond acceptors (Lipinski definition) is 4. The van der Waals surface area contributed by atoms with Crippen molar-refractivity contribution in [2.75, 3.05) is 13.7 Å². The summed E-state index contributed by atoms with van der Waals surface area (Å²) in [4.78, 5) is 16.8. The predicted molar refractivity (Wildman–Crippen MR) is 97.7 cm³/mol. The lowest BCUT2D eigenvalue weighted by molar-refractivity contribution is 0.164. The van der Waals surface area contributed by atoms with E-state index in [9.17, 15) is 9.90 Å². The fourth-order valence-electron chi connectivity index (χ4n) is 3.21. The molecular weight excluding hydrogens is 318 g/mol. The van der Waals surface area contributed by atoms with Gasteiger partial charge in [0.05, 0.1) is 30.3 Å². The Bertz CT molecular complexity index is 946. The third kappa shape index (κ3) is 3.10. The number of aryl methyl sites for hydroxylation is 2. The van der Waals surface area contributed by atoms with Crippen LogP contribution in [-0.4, -0.2) is 32.9 Å². The van der Waals surface area contributed by atoms with Crippen molar-refractivity contribution < 1.29 is 9.84 Å². The summed E-state index contributed by atoms with van der Waals surface area (Å²) in [5.41, 5.74) is 4.15. The first kappa shape index (κ1) is 17.4. The van der Waals surface area contributed by atoms with Crippen molar-refractivity contribution in [3.8, 4) is 11.4 Å². The van der Waals surface area contributed by atoms with E-state index in [1.165, 1.54) is 0 Å². The van der Waals surface area contributed by atoms with Gasteiger partial charge in [0.1, 0.15) is 5.82 Å². The molecule has 6 nitrogen and oxygen atoms in total. The summed E-state index contributed by atoms with van der Waals surface area (Å²) in [6.45, 7) is 4.40. The molecule has 0 saturated heterocycles. The minimum absolute atomic E-state index is 0.0149. The second kappa shape index (κ2) is 6.82. The van der Waals surface area contributed by atoms with Crippen LogP contribution in [-0.2, 0) is 18.4 Å². The number of ether oxygens (including phenoxy) is 1. The van der Waals surface area contributed by atoms with E-state index >= 15 is 0 Å². The van der Waals surface area contributed by atoms with E-state index in [1.54, 1.807) is 31.8 Å². The van der Waals surface area contributed by atoms with Gasteiger partial charge in [0.25, 0.3) is 5.56 Å². The van der Waals surface area contributed by atoms with Crippen molar-refractivity contribution >= 4 is 11.0 Å². The molecule has 6 heteroatoms. The van der Waals surface area contributed by atoms with Crippen LogP contribution in [0, 0.1) is 6.92 Å². The van der Waals surface area contributed by atoms with Gasteiger partial charge in [0, 0.05) is 31.5 Å². The minimum Gasteiger partial charge on any atom is -0.392 e. The highest BCUT2D eigenvalue weighted by Gasteiger charge is 2.18. The van der Waals surface area contributed by atoms with Crippen LogP contribution in [0.25, 0.3) is 22.4 Å². The fraction of sp³-hybridized carbons (Fsp3) is 0.368. The van der Waals surface area contributed by atoms with Crippen molar-refractivity contribution in [2.24, 2.45) is 7.05 Å². The van der Waals surface area contributed by atoms with Crippen LogP contribution in [0.2, 0.25) is 0 Å². The molecule has 0 saturated carbocycles. The molecule has 3 rings (SSSR count). The Morgan fingerprint density at radius 3 is 2.72 bits per heavy atom. The first-order valence-corrected chi connectivity index (χ1v) is 8.24. The van der Waals surface area contributed by atoms with E-state index < -0.39 is 0 Å². The van der Waals surface area contributed by atoms with Crippen LogP contribution in [0.4, 0.5) is 0 Å². The summed E-state index contributed by atoms with van der Waals surface area (Å²) in [6, 6.07) is 7.70. The number of methoxy groups -OCH3 is 1. The molecule has 0 radical (unpaired) electrons. The number of imidazole rings is 1. The second-order valence-electron chi connectivity index (χ2n) is 6.42. The number of pyridine rings is 1. The van der Waals surface area contributed by atoms with Crippen LogP contribution >= 0.6 is 0 Å². The fourth-order valence-corrected chi connectivity index (χ4v) is 3.21. The summed E-state index contributed by atoms with van der Waals surface area (Å²) < 4.78 is 9.04. The number of benzene rings is 1. The zero-order chi connectivity index (χ0) is 18.1. The van der Waals surface area contributed by atoms with Crippen LogP contribution < -0.4 is 5.56 Å². The highest BCUT2D eigenvalue weighted by molar-refractivity contribution is 5.81. The Balaban J connectivity index is 2.29. The van der Waals surface area contributed by atoms with Gasteiger partial charge in [-0.3, -0.25) is 4.79 Å². The molecule has 132 valence electrons. The summed E-state index contributed by atoms with van der Waals surface area (Å²) in [5, 5.41) is 9.39. The van der Waals surface area contributed by atoms with Crippen LogP contribution in [0.3, 0.4) is 0 Å². The van der Waals surface area contributed by atoms with Gasteiger partial charge < -0.3 is 19.0 Å². The highest BCUT2D eigenvalue weighted by atomic mass is 16.5. The first-order chi connectivity index (χ1) is 12.0. The average Bonchev–Trinajstić information content (AvgIpc) is 2.97. The lowest BCUT2D eigenvalue weighted by atomic mass is 10.2. The third-order valence-corrected chi connectivity index (χ3v) is 4.41. The Morgan fingerprint density at radius 1 is 1.32 bits per heavy atom. The molecule has 1 aromatic carbocycles. The van der Waals surface area contributed by atoms with Gasteiger partial charge in [-0.25, -0.2) is 4.98 Å². The number of nitrogens with zero attached hydrogens (tertiary/aromatic N) is 3. The van der Waals surface area contributed by atoms with Crippen molar-refractivity contribution in [3.05, 3.63) is 51.9 Å². The Kier molecular flexibility index (Phi) is 4.74. The lowest BCUT2D eigenvalue weighted by Crippen LogP contribution is -2.19. The smallest absolute Gasteiger partial charge is 0.253 e. The van der Waals surface area contributed by atoms with E-state index in [4.69, 9.17) is 9.72 Å². The molecule has 0 aliphatic carbocycles.